The normalized spacial score (nSPS) is 24.4. The average molecular weight is 276 g/mol. The molecule has 0 bridgehead atoms. The highest BCUT2D eigenvalue weighted by atomic mass is 16.2. The van der Waals surface area contributed by atoms with Crippen molar-refractivity contribution in [2.75, 3.05) is 5.32 Å². The van der Waals surface area contributed by atoms with Gasteiger partial charge in [0, 0.05) is 19.2 Å². The number of aryl methyl sites for hydroxylation is 1. The predicted octanol–water partition coefficient (Wildman–Crippen LogP) is 1.29. The number of carbonyl (C=O) groups is 2. The van der Waals surface area contributed by atoms with E-state index in [2.05, 4.69) is 10.4 Å². The summed E-state index contributed by atoms with van der Waals surface area (Å²) in [5.41, 5.74) is 0. The molecule has 0 radical (unpaired) electrons. The molecule has 1 atom stereocenters. The van der Waals surface area contributed by atoms with Gasteiger partial charge < -0.3 is 5.32 Å². The molecule has 1 saturated carbocycles. The van der Waals surface area contributed by atoms with Crippen LogP contribution >= 0.6 is 0 Å². The lowest BCUT2D eigenvalue weighted by Crippen LogP contribution is -2.43. The number of imide groups is 1. The second-order valence-electron chi connectivity index (χ2n) is 5.63. The molecule has 1 aliphatic carbocycles. The van der Waals surface area contributed by atoms with Crippen molar-refractivity contribution < 1.29 is 9.59 Å². The smallest absolute Gasteiger partial charge is 0.252 e. The van der Waals surface area contributed by atoms with Gasteiger partial charge in [-0.2, -0.15) is 5.10 Å². The van der Waals surface area contributed by atoms with Gasteiger partial charge in [-0.15, -0.1) is 0 Å². The van der Waals surface area contributed by atoms with E-state index >= 15 is 0 Å². The van der Waals surface area contributed by atoms with Gasteiger partial charge in [-0.3, -0.25) is 19.2 Å². The standard InChI is InChI=1S/C14H20N4O2/c1-17-12(7-8-15-17)16-11-9-13(19)18(14(11)20)10-5-3-2-4-6-10/h7-8,10-11,16H,2-6,9H2,1H3. The number of aromatic nitrogens is 2. The fourth-order valence-corrected chi connectivity index (χ4v) is 3.18. The molecule has 0 spiro atoms. The Morgan fingerprint density at radius 1 is 1.25 bits per heavy atom. The van der Waals surface area contributed by atoms with Crippen LogP contribution in [0.2, 0.25) is 0 Å². The molecular weight excluding hydrogens is 256 g/mol. The van der Waals surface area contributed by atoms with E-state index in [9.17, 15) is 9.59 Å². The van der Waals surface area contributed by atoms with Crippen LogP contribution in [0.1, 0.15) is 38.5 Å². The van der Waals surface area contributed by atoms with Crippen LogP contribution in [-0.4, -0.2) is 38.6 Å². The molecule has 6 heteroatoms. The van der Waals surface area contributed by atoms with Gasteiger partial charge in [0.15, 0.2) is 0 Å². The van der Waals surface area contributed by atoms with Crippen LogP contribution in [0.4, 0.5) is 5.82 Å². The number of hydrogen-bond acceptors (Lipinski definition) is 4. The maximum absolute atomic E-state index is 12.5. The van der Waals surface area contributed by atoms with Crippen molar-refractivity contribution in [3.63, 3.8) is 0 Å². The first-order valence-electron chi connectivity index (χ1n) is 7.27. The van der Waals surface area contributed by atoms with Gasteiger partial charge in [-0.25, -0.2) is 0 Å². The van der Waals surface area contributed by atoms with Gasteiger partial charge >= 0.3 is 0 Å². The number of carbonyl (C=O) groups excluding carboxylic acids is 2. The van der Waals surface area contributed by atoms with Crippen LogP contribution in [0, 0.1) is 0 Å². The Bertz CT molecular complexity index is 519. The summed E-state index contributed by atoms with van der Waals surface area (Å²) in [4.78, 5) is 26.1. The zero-order chi connectivity index (χ0) is 14.1. The molecule has 2 heterocycles. The molecule has 1 saturated heterocycles. The second kappa shape index (κ2) is 5.26. The van der Waals surface area contributed by atoms with Crippen molar-refractivity contribution in [3.8, 4) is 0 Å². The van der Waals surface area contributed by atoms with Crippen molar-refractivity contribution in [1.82, 2.24) is 14.7 Å². The van der Waals surface area contributed by atoms with Gasteiger partial charge in [0.05, 0.1) is 12.6 Å². The number of nitrogens with one attached hydrogen (secondary N) is 1. The van der Waals surface area contributed by atoms with Crippen molar-refractivity contribution in [2.45, 2.75) is 50.6 Å². The third-order valence-electron chi connectivity index (χ3n) is 4.27. The zero-order valence-corrected chi connectivity index (χ0v) is 11.7. The number of likely N-dealkylation sites (tertiary alicyclic amines) is 1. The molecule has 6 nitrogen and oxygen atoms in total. The Morgan fingerprint density at radius 2 is 2.00 bits per heavy atom. The number of hydrogen-bond donors (Lipinski definition) is 1. The summed E-state index contributed by atoms with van der Waals surface area (Å²) in [6.45, 7) is 0. The molecular formula is C14H20N4O2. The zero-order valence-electron chi connectivity index (χ0n) is 11.7. The van der Waals surface area contributed by atoms with Crippen molar-refractivity contribution in [3.05, 3.63) is 12.3 Å². The van der Waals surface area contributed by atoms with E-state index in [1.54, 1.807) is 16.9 Å². The lowest BCUT2D eigenvalue weighted by molar-refractivity contribution is -0.141. The average Bonchev–Trinajstić information content (AvgIpc) is 2.96. The maximum atomic E-state index is 12.5. The van der Waals surface area contributed by atoms with E-state index in [0.29, 0.717) is 0 Å². The van der Waals surface area contributed by atoms with Crippen LogP contribution in [0.25, 0.3) is 0 Å². The minimum absolute atomic E-state index is 0.0402. The van der Waals surface area contributed by atoms with E-state index < -0.39 is 6.04 Å². The summed E-state index contributed by atoms with van der Waals surface area (Å²) in [6.07, 6.45) is 7.27. The molecule has 0 aromatic carbocycles. The highest BCUT2D eigenvalue weighted by molar-refractivity contribution is 6.07. The van der Waals surface area contributed by atoms with Crippen LogP contribution < -0.4 is 5.32 Å². The van der Waals surface area contributed by atoms with Crippen molar-refractivity contribution in [1.29, 1.82) is 0 Å². The van der Waals surface area contributed by atoms with Gasteiger partial charge in [-0.05, 0) is 12.8 Å². The Hall–Kier alpha value is -1.85. The SMILES string of the molecule is Cn1nccc1NC1CC(=O)N(C2CCCCC2)C1=O. The van der Waals surface area contributed by atoms with E-state index in [1.165, 1.54) is 11.3 Å². The number of anilines is 1. The topological polar surface area (TPSA) is 67.2 Å². The number of amides is 2. The fourth-order valence-electron chi connectivity index (χ4n) is 3.18. The highest BCUT2D eigenvalue weighted by Crippen LogP contribution is 2.28. The first-order valence-corrected chi connectivity index (χ1v) is 7.27. The molecule has 3 rings (SSSR count). The molecule has 1 aromatic rings. The first-order chi connectivity index (χ1) is 9.66. The number of nitrogens with zero attached hydrogens (tertiary/aromatic N) is 3. The minimum Gasteiger partial charge on any atom is -0.358 e. The third-order valence-corrected chi connectivity index (χ3v) is 4.27. The van der Waals surface area contributed by atoms with Crippen LogP contribution in [0.3, 0.4) is 0 Å². The highest BCUT2D eigenvalue weighted by Gasteiger charge is 2.42. The Labute approximate surface area is 118 Å². The van der Waals surface area contributed by atoms with E-state index in [4.69, 9.17) is 0 Å². The molecule has 1 aliphatic heterocycles. The van der Waals surface area contributed by atoms with Gasteiger partial charge in [0.1, 0.15) is 11.9 Å². The second-order valence-corrected chi connectivity index (χ2v) is 5.63. The van der Waals surface area contributed by atoms with Crippen molar-refractivity contribution >= 4 is 17.6 Å². The molecule has 2 fully saturated rings. The fraction of sp³-hybridized carbons (Fsp3) is 0.643. The third kappa shape index (κ3) is 2.30. The quantitative estimate of drug-likeness (QED) is 0.845. The Kier molecular flexibility index (Phi) is 3.46. The largest absolute Gasteiger partial charge is 0.358 e. The van der Waals surface area contributed by atoms with Crippen LogP contribution in [0.5, 0.6) is 0 Å². The molecule has 20 heavy (non-hydrogen) atoms. The van der Waals surface area contributed by atoms with E-state index in [1.807, 2.05) is 7.05 Å². The Balaban J connectivity index is 1.71. The summed E-state index contributed by atoms with van der Waals surface area (Å²) in [5.74, 6) is 0.645. The minimum atomic E-state index is -0.445. The van der Waals surface area contributed by atoms with E-state index in [0.717, 1.165) is 31.5 Å². The predicted molar refractivity (Wildman–Crippen MR) is 74.0 cm³/mol. The maximum Gasteiger partial charge on any atom is 0.252 e. The molecule has 1 unspecified atom stereocenters. The summed E-state index contributed by atoms with van der Waals surface area (Å²) in [6, 6.07) is 1.48. The van der Waals surface area contributed by atoms with Gasteiger partial charge in [-0.1, -0.05) is 19.3 Å². The monoisotopic (exact) mass is 276 g/mol. The lowest BCUT2D eigenvalue weighted by atomic mass is 9.94. The van der Waals surface area contributed by atoms with Gasteiger partial charge in [0.25, 0.3) is 5.91 Å². The van der Waals surface area contributed by atoms with E-state index in [-0.39, 0.29) is 24.3 Å². The summed E-state index contributed by atoms with van der Waals surface area (Å²) < 4.78 is 1.67. The van der Waals surface area contributed by atoms with Gasteiger partial charge in [0.2, 0.25) is 5.91 Å². The molecule has 1 N–H and O–H groups in total. The Morgan fingerprint density at radius 3 is 2.65 bits per heavy atom. The molecule has 1 aromatic heterocycles. The first kappa shape index (κ1) is 13.1. The van der Waals surface area contributed by atoms with Crippen molar-refractivity contribution in [2.24, 2.45) is 7.05 Å². The summed E-state index contributed by atoms with van der Waals surface area (Å²) in [5, 5.41) is 7.18. The van der Waals surface area contributed by atoms with Crippen LogP contribution in [0.15, 0.2) is 12.3 Å². The summed E-state index contributed by atoms with van der Waals surface area (Å²) in [7, 11) is 1.81. The van der Waals surface area contributed by atoms with Crippen LogP contribution in [-0.2, 0) is 16.6 Å². The molecule has 108 valence electrons. The molecule has 2 aliphatic rings. The molecule has 2 amide bonds. The lowest BCUT2D eigenvalue weighted by Gasteiger charge is -2.29. The summed E-state index contributed by atoms with van der Waals surface area (Å²) >= 11 is 0. The number of rotatable bonds is 3.